The first-order chi connectivity index (χ1) is 9.10. The zero-order valence-corrected chi connectivity index (χ0v) is 11.2. The SMILES string of the molecule is Cc1oc(CSc2ccc(O)cc2)cc1C(=O)NN. The van der Waals surface area contributed by atoms with Crippen LogP contribution in [0.4, 0.5) is 0 Å². The van der Waals surface area contributed by atoms with Gasteiger partial charge in [0.15, 0.2) is 0 Å². The molecule has 0 saturated heterocycles. The highest BCUT2D eigenvalue weighted by atomic mass is 32.2. The molecule has 0 radical (unpaired) electrons. The Kier molecular flexibility index (Phi) is 4.13. The summed E-state index contributed by atoms with van der Waals surface area (Å²) in [4.78, 5) is 12.4. The first-order valence-corrected chi connectivity index (χ1v) is 6.61. The van der Waals surface area contributed by atoms with Gasteiger partial charge in [0, 0.05) is 4.90 Å². The van der Waals surface area contributed by atoms with Gasteiger partial charge in [-0.25, -0.2) is 5.84 Å². The summed E-state index contributed by atoms with van der Waals surface area (Å²) >= 11 is 1.56. The molecule has 6 heteroatoms. The molecule has 0 saturated carbocycles. The number of aryl methyl sites for hydroxylation is 1. The number of aromatic hydroxyl groups is 1. The molecular weight excluding hydrogens is 264 g/mol. The number of nitrogens with two attached hydrogens (primary N) is 1. The monoisotopic (exact) mass is 278 g/mol. The van der Waals surface area contributed by atoms with Crippen LogP contribution >= 0.6 is 11.8 Å². The van der Waals surface area contributed by atoms with Crippen LogP contribution in [0.2, 0.25) is 0 Å². The van der Waals surface area contributed by atoms with Crippen LogP contribution in [0.15, 0.2) is 39.6 Å². The summed E-state index contributed by atoms with van der Waals surface area (Å²) in [6.45, 7) is 1.72. The number of nitrogens with one attached hydrogen (secondary N) is 1. The maximum absolute atomic E-state index is 11.4. The zero-order chi connectivity index (χ0) is 13.8. The van der Waals surface area contributed by atoms with Gasteiger partial charge in [-0.15, -0.1) is 11.8 Å². The average molecular weight is 278 g/mol. The van der Waals surface area contributed by atoms with E-state index in [2.05, 4.69) is 5.43 Å². The molecule has 1 aromatic heterocycles. The summed E-state index contributed by atoms with van der Waals surface area (Å²) in [6, 6.07) is 8.59. The number of furan rings is 1. The molecule has 2 aromatic rings. The van der Waals surface area contributed by atoms with Crippen LogP contribution in [0.1, 0.15) is 21.9 Å². The van der Waals surface area contributed by atoms with Crippen LogP contribution in [0.5, 0.6) is 5.75 Å². The van der Waals surface area contributed by atoms with E-state index in [9.17, 15) is 9.90 Å². The summed E-state index contributed by atoms with van der Waals surface area (Å²) in [5.41, 5.74) is 2.53. The van der Waals surface area contributed by atoms with Gasteiger partial charge in [-0.1, -0.05) is 0 Å². The van der Waals surface area contributed by atoms with Crippen molar-refractivity contribution >= 4 is 17.7 Å². The largest absolute Gasteiger partial charge is 0.508 e. The Bertz CT molecular complexity index is 578. The molecule has 100 valence electrons. The highest BCUT2D eigenvalue weighted by Crippen LogP contribution is 2.26. The lowest BCUT2D eigenvalue weighted by Crippen LogP contribution is -2.30. The Hall–Kier alpha value is -1.92. The van der Waals surface area contributed by atoms with Gasteiger partial charge in [-0.2, -0.15) is 0 Å². The lowest BCUT2D eigenvalue weighted by Gasteiger charge is -1.99. The lowest BCUT2D eigenvalue weighted by molar-refractivity contribution is 0.0952. The second-order valence-corrected chi connectivity index (χ2v) is 4.99. The molecule has 4 N–H and O–H groups in total. The van der Waals surface area contributed by atoms with Crippen molar-refractivity contribution in [2.24, 2.45) is 5.84 Å². The Morgan fingerprint density at radius 3 is 2.74 bits per heavy atom. The molecule has 0 bridgehead atoms. The third-order valence-corrected chi connectivity index (χ3v) is 3.60. The number of nitrogen functional groups attached to an aromatic ring is 1. The molecule has 1 amide bonds. The number of hydrogen-bond donors (Lipinski definition) is 3. The molecule has 0 spiro atoms. The maximum atomic E-state index is 11.4. The average Bonchev–Trinajstić information content (AvgIpc) is 2.78. The van der Waals surface area contributed by atoms with E-state index in [1.54, 1.807) is 36.9 Å². The Balaban J connectivity index is 2.04. The molecule has 0 aliphatic rings. The van der Waals surface area contributed by atoms with E-state index in [0.717, 1.165) is 4.90 Å². The molecule has 0 aliphatic heterocycles. The second kappa shape index (κ2) is 5.81. The number of amides is 1. The lowest BCUT2D eigenvalue weighted by atomic mass is 10.2. The van der Waals surface area contributed by atoms with Crippen molar-refractivity contribution in [2.45, 2.75) is 17.6 Å². The molecule has 1 heterocycles. The number of hydrogen-bond acceptors (Lipinski definition) is 5. The standard InChI is InChI=1S/C13H14N2O3S/c1-8-12(13(17)15-14)6-10(18-8)7-19-11-4-2-9(16)3-5-11/h2-6,16H,7,14H2,1H3,(H,15,17). The summed E-state index contributed by atoms with van der Waals surface area (Å²) in [5, 5.41) is 9.19. The molecule has 5 nitrogen and oxygen atoms in total. The van der Waals surface area contributed by atoms with Crippen LogP contribution in [-0.2, 0) is 5.75 Å². The van der Waals surface area contributed by atoms with Crippen LogP contribution in [0.3, 0.4) is 0 Å². The number of benzene rings is 1. The molecule has 1 aromatic carbocycles. The van der Waals surface area contributed by atoms with Gasteiger partial charge in [0.05, 0.1) is 11.3 Å². The van der Waals surface area contributed by atoms with Gasteiger partial charge in [0.25, 0.3) is 5.91 Å². The third-order valence-electron chi connectivity index (χ3n) is 2.56. The molecule has 2 rings (SSSR count). The number of thioether (sulfide) groups is 1. The molecule has 0 atom stereocenters. The minimum atomic E-state index is -0.359. The summed E-state index contributed by atoms with van der Waals surface area (Å²) in [5.74, 6) is 6.82. The summed E-state index contributed by atoms with van der Waals surface area (Å²) in [7, 11) is 0. The van der Waals surface area contributed by atoms with Crippen molar-refractivity contribution in [1.82, 2.24) is 5.43 Å². The predicted molar refractivity (Wildman–Crippen MR) is 72.8 cm³/mol. The summed E-state index contributed by atoms with van der Waals surface area (Å²) in [6.07, 6.45) is 0. The fourth-order valence-corrected chi connectivity index (χ4v) is 2.39. The first-order valence-electron chi connectivity index (χ1n) is 5.62. The zero-order valence-electron chi connectivity index (χ0n) is 10.3. The Morgan fingerprint density at radius 1 is 1.42 bits per heavy atom. The number of phenols is 1. The van der Waals surface area contributed by atoms with Gasteiger partial charge >= 0.3 is 0 Å². The van der Waals surface area contributed by atoms with Gasteiger partial charge in [0.2, 0.25) is 0 Å². The van der Waals surface area contributed by atoms with Crippen LogP contribution in [-0.4, -0.2) is 11.0 Å². The fourth-order valence-electron chi connectivity index (χ4n) is 1.61. The van der Waals surface area contributed by atoms with Crippen molar-refractivity contribution in [2.75, 3.05) is 0 Å². The van der Waals surface area contributed by atoms with Gasteiger partial charge in [0.1, 0.15) is 17.3 Å². The molecule has 19 heavy (non-hydrogen) atoms. The van der Waals surface area contributed by atoms with E-state index in [1.165, 1.54) is 0 Å². The highest BCUT2D eigenvalue weighted by molar-refractivity contribution is 7.98. The minimum Gasteiger partial charge on any atom is -0.508 e. The number of carbonyl (C=O) groups excluding carboxylic acids is 1. The topological polar surface area (TPSA) is 88.5 Å². The Morgan fingerprint density at radius 2 is 2.11 bits per heavy atom. The number of carbonyl (C=O) groups is 1. The fraction of sp³-hybridized carbons (Fsp3) is 0.154. The van der Waals surface area contributed by atoms with E-state index in [0.29, 0.717) is 22.8 Å². The van der Waals surface area contributed by atoms with Crippen molar-refractivity contribution in [3.63, 3.8) is 0 Å². The molecular formula is C13H14N2O3S. The quantitative estimate of drug-likeness (QED) is 0.345. The van der Waals surface area contributed by atoms with E-state index in [-0.39, 0.29) is 11.7 Å². The first kappa shape index (κ1) is 13.5. The highest BCUT2D eigenvalue weighted by Gasteiger charge is 2.13. The predicted octanol–water partition coefficient (Wildman–Crippen LogP) is 2.19. The van der Waals surface area contributed by atoms with Crippen molar-refractivity contribution in [3.8, 4) is 5.75 Å². The van der Waals surface area contributed by atoms with Crippen molar-refractivity contribution in [3.05, 3.63) is 47.4 Å². The summed E-state index contributed by atoms with van der Waals surface area (Å²) < 4.78 is 5.50. The Labute approximate surface area is 114 Å². The third kappa shape index (κ3) is 3.30. The second-order valence-electron chi connectivity index (χ2n) is 3.94. The normalized spacial score (nSPS) is 10.4. The van der Waals surface area contributed by atoms with Gasteiger partial charge in [-0.05, 0) is 37.3 Å². The van der Waals surface area contributed by atoms with E-state index < -0.39 is 0 Å². The van der Waals surface area contributed by atoms with Gasteiger partial charge in [-0.3, -0.25) is 10.2 Å². The van der Waals surface area contributed by atoms with E-state index in [4.69, 9.17) is 10.3 Å². The van der Waals surface area contributed by atoms with E-state index in [1.807, 2.05) is 12.1 Å². The maximum Gasteiger partial charge on any atom is 0.268 e. The minimum absolute atomic E-state index is 0.236. The van der Waals surface area contributed by atoms with Crippen molar-refractivity contribution in [1.29, 1.82) is 0 Å². The number of rotatable bonds is 4. The van der Waals surface area contributed by atoms with Gasteiger partial charge < -0.3 is 9.52 Å². The number of phenolic OH excluding ortho intramolecular Hbond substituents is 1. The molecule has 0 fully saturated rings. The smallest absolute Gasteiger partial charge is 0.268 e. The van der Waals surface area contributed by atoms with Crippen LogP contribution in [0.25, 0.3) is 0 Å². The molecule has 0 aliphatic carbocycles. The molecule has 0 unspecified atom stereocenters. The van der Waals surface area contributed by atoms with Crippen LogP contribution in [0, 0.1) is 6.92 Å². The van der Waals surface area contributed by atoms with E-state index >= 15 is 0 Å². The van der Waals surface area contributed by atoms with Crippen molar-refractivity contribution < 1.29 is 14.3 Å². The van der Waals surface area contributed by atoms with Crippen LogP contribution < -0.4 is 11.3 Å². The number of hydrazine groups is 1.